The first-order valence-electron chi connectivity index (χ1n) is 6.08. The molecule has 0 aliphatic heterocycles. The van der Waals surface area contributed by atoms with E-state index in [4.69, 9.17) is 5.73 Å². The molecule has 0 spiro atoms. The van der Waals surface area contributed by atoms with Crippen molar-refractivity contribution in [1.29, 1.82) is 0 Å². The fourth-order valence-corrected chi connectivity index (χ4v) is 2.12. The maximum absolute atomic E-state index is 13.3. The van der Waals surface area contributed by atoms with Gasteiger partial charge in [0.05, 0.1) is 0 Å². The zero-order valence-electron chi connectivity index (χ0n) is 10.8. The quantitative estimate of drug-likeness (QED) is 0.876. The number of halogens is 1. The molecule has 0 bridgehead atoms. The maximum Gasteiger partial charge on any atom is 0.126 e. The molecule has 0 amide bonds. The number of benzene rings is 2. The molecular formula is C16H18FN. The summed E-state index contributed by atoms with van der Waals surface area (Å²) in [7, 11) is 0. The van der Waals surface area contributed by atoms with Crippen molar-refractivity contribution in [3.05, 3.63) is 71.0 Å². The minimum Gasteiger partial charge on any atom is -0.321 e. The Bertz CT molecular complexity index is 532. The van der Waals surface area contributed by atoms with E-state index in [2.05, 4.69) is 12.1 Å². The first-order chi connectivity index (χ1) is 8.49. The van der Waals surface area contributed by atoms with E-state index in [1.54, 1.807) is 13.0 Å². The SMILES string of the molecule is Cc1cc(C(C)(N)Cc2ccccc2)ccc1F. The summed E-state index contributed by atoms with van der Waals surface area (Å²) in [6.45, 7) is 3.74. The summed E-state index contributed by atoms with van der Waals surface area (Å²) in [5.74, 6) is -0.186. The van der Waals surface area contributed by atoms with E-state index in [1.807, 2.05) is 31.2 Å². The number of hydrogen-bond acceptors (Lipinski definition) is 1. The highest BCUT2D eigenvalue weighted by molar-refractivity contribution is 5.31. The summed E-state index contributed by atoms with van der Waals surface area (Å²) in [4.78, 5) is 0. The predicted molar refractivity (Wildman–Crippen MR) is 72.8 cm³/mol. The molecule has 1 atom stereocenters. The first-order valence-corrected chi connectivity index (χ1v) is 6.08. The summed E-state index contributed by atoms with van der Waals surface area (Å²) in [5, 5.41) is 0. The second kappa shape index (κ2) is 4.91. The molecule has 94 valence electrons. The molecule has 0 aromatic heterocycles. The van der Waals surface area contributed by atoms with E-state index in [9.17, 15) is 4.39 Å². The van der Waals surface area contributed by atoms with Gasteiger partial charge in [-0.05, 0) is 43.0 Å². The van der Waals surface area contributed by atoms with Crippen LogP contribution in [0.1, 0.15) is 23.6 Å². The van der Waals surface area contributed by atoms with Crippen LogP contribution in [0.15, 0.2) is 48.5 Å². The normalized spacial score (nSPS) is 14.2. The van der Waals surface area contributed by atoms with E-state index in [-0.39, 0.29) is 5.82 Å². The van der Waals surface area contributed by atoms with Crippen LogP contribution < -0.4 is 5.73 Å². The third kappa shape index (κ3) is 2.77. The second-order valence-electron chi connectivity index (χ2n) is 5.04. The molecule has 18 heavy (non-hydrogen) atoms. The van der Waals surface area contributed by atoms with Gasteiger partial charge >= 0.3 is 0 Å². The standard InChI is InChI=1S/C16H18FN/c1-12-10-14(8-9-15(12)17)16(2,18)11-13-6-4-3-5-7-13/h3-10H,11,18H2,1-2H3. The summed E-state index contributed by atoms with van der Waals surface area (Å²) in [6, 6.07) is 15.2. The van der Waals surface area contributed by atoms with Crippen LogP contribution in [-0.4, -0.2) is 0 Å². The van der Waals surface area contributed by atoms with Gasteiger partial charge in [-0.3, -0.25) is 0 Å². The molecule has 2 N–H and O–H groups in total. The van der Waals surface area contributed by atoms with Crippen molar-refractivity contribution in [2.75, 3.05) is 0 Å². The smallest absolute Gasteiger partial charge is 0.126 e. The van der Waals surface area contributed by atoms with Crippen molar-refractivity contribution in [2.45, 2.75) is 25.8 Å². The monoisotopic (exact) mass is 243 g/mol. The molecule has 0 aliphatic rings. The van der Waals surface area contributed by atoms with Gasteiger partial charge in [-0.15, -0.1) is 0 Å². The van der Waals surface area contributed by atoms with Gasteiger partial charge in [-0.25, -0.2) is 4.39 Å². The molecule has 0 saturated heterocycles. The van der Waals surface area contributed by atoms with Crippen molar-refractivity contribution >= 4 is 0 Å². The molecule has 1 nitrogen and oxygen atoms in total. The predicted octanol–water partition coefficient (Wildman–Crippen LogP) is 3.55. The van der Waals surface area contributed by atoms with Crippen molar-refractivity contribution < 1.29 is 4.39 Å². The molecule has 0 saturated carbocycles. The minimum atomic E-state index is -0.486. The third-order valence-electron chi connectivity index (χ3n) is 3.23. The average Bonchev–Trinajstić information content (AvgIpc) is 2.33. The number of nitrogens with two attached hydrogens (primary N) is 1. The lowest BCUT2D eigenvalue weighted by atomic mass is 9.86. The Kier molecular flexibility index (Phi) is 3.48. The van der Waals surface area contributed by atoms with Crippen LogP contribution in [0, 0.1) is 12.7 Å². The van der Waals surface area contributed by atoms with Gasteiger partial charge in [0.25, 0.3) is 0 Å². The Balaban J connectivity index is 2.27. The average molecular weight is 243 g/mol. The van der Waals surface area contributed by atoms with Gasteiger partial charge in [-0.2, -0.15) is 0 Å². The van der Waals surface area contributed by atoms with Crippen LogP contribution in [0.2, 0.25) is 0 Å². The molecule has 2 aromatic rings. The highest BCUT2D eigenvalue weighted by Crippen LogP contribution is 2.24. The fourth-order valence-electron chi connectivity index (χ4n) is 2.12. The molecule has 0 aliphatic carbocycles. The van der Waals surface area contributed by atoms with Crippen molar-refractivity contribution in [2.24, 2.45) is 5.73 Å². The summed E-state index contributed by atoms with van der Waals surface area (Å²) < 4.78 is 13.3. The second-order valence-corrected chi connectivity index (χ2v) is 5.04. The van der Waals surface area contributed by atoms with E-state index >= 15 is 0 Å². The molecule has 0 heterocycles. The summed E-state index contributed by atoms with van der Waals surface area (Å²) in [5.41, 5.74) is 8.66. The van der Waals surface area contributed by atoms with E-state index in [0.717, 1.165) is 12.0 Å². The molecule has 2 heteroatoms. The van der Waals surface area contributed by atoms with Gasteiger partial charge in [0.1, 0.15) is 5.82 Å². The van der Waals surface area contributed by atoms with Crippen molar-refractivity contribution in [3.8, 4) is 0 Å². The zero-order chi connectivity index (χ0) is 13.2. The van der Waals surface area contributed by atoms with Crippen molar-refractivity contribution in [1.82, 2.24) is 0 Å². The lowest BCUT2D eigenvalue weighted by molar-refractivity contribution is 0.489. The lowest BCUT2D eigenvalue weighted by Crippen LogP contribution is -2.35. The lowest BCUT2D eigenvalue weighted by Gasteiger charge is -2.26. The number of aryl methyl sites for hydroxylation is 1. The maximum atomic E-state index is 13.3. The molecule has 1 unspecified atom stereocenters. The topological polar surface area (TPSA) is 26.0 Å². The molecule has 0 radical (unpaired) electrons. The Labute approximate surface area is 107 Å². The van der Waals surface area contributed by atoms with E-state index in [1.165, 1.54) is 11.6 Å². The van der Waals surface area contributed by atoms with E-state index < -0.39 is 5.54 Å². The minimum absolute atomic E-state index is 0.186. The highest BCUT2D eigenvalue weighted by atomic mass is 19.1. The first kappa shape index (κ1) is 12.8. The Morgan fingerprint density at radius 3 is 2.39 bits per heavy atom. The zero-order valence-corrected chi connectivity index (χ0v) is 10.8. The highest BCUT2D eigenvalue weighted by Gasteiger charge is 2.22. The van der Waals surface area contributed by atoms with Crippen LogP contribution in [0.4, 0.5) is 4.39 Å². The van der Waals surface area contributed by atoms with Crippen LogP contribution in [0.3, 0.4) is 0 Å². The third-order valence-corrected chi connectivity index (χ3v) is 3.23. The number of rotatable bonds is 3. The van der Waals surface area contributed by atoms with Crippen LogP contribution in [-0.2, 0) is 12.0 Å². The molecule has 2 rings (SSSR count). The van der Waals surface area contributed by atoms with Gasteiger partial charge in [-0.1, -0.05) is 42.5 Å². The Morgan fingerprint density at radius 2 is 1.78 bits per heavy atom. The van der Waals surface area contributed by atoms with Crippen LogP contribution in [0.25, 0.3) is 0 Å². The van der Waals surface area contributed by atoms with Crippen LogP contribution in [0.5, 0.6) is 0 Å². The molecule has 0 fully saturated rings. The Hall–Kier alpha value is -1.67. The van der Waals surface area contributed by atoms with Gasteiger partial charge in [0.15, 0.2) is 0 Å². The van der Waals surface area contributed by atoms with Gasteiger partial charge < -0.3 is 5.73 Å². The summed E-state index contributed by atoms with van der Waals surface area (Å²) >= 11 is 0. The Morgan fingerprint density at radius 1 is 1.11 bits per heavy atom. The van der Waals surface area contributed by atoms with Gasteiger partial charge in [0.2, 0.25) is 0 Å². The van der Waals surface area contributed by atoms with Gasteiger partial charge in [0, 0.05) is 5.54 Å². The van der Waals surface area contributed by atoms with Crippen molar-refractivity contribution in [3.63, 3.8) is 0 Å². The number of hydrogen-bond donors (Lipinski definition) is 1. The fraction of sp³-hybridized carbons (Fsp3) is 0.250. The molecular weight excluding hydrogens is 225 g/mol. The summed E-state index contributed by atoms with van der Waals surface area (Å²) in [6.07, 6.45) is 0.735. The largest absolute Gasteiger partial charge is 0.321 e. The molecule has 2 aromatic carbocycles. The van der Waals surface area contributed by atoms with Crippen LogP contribution >= 0.6 is 0 Å². The van der Waals surface area contributed by atoms with E-state index in [0.29, 0.717) is 5.56 Å².